The van der Waals surface area contributed by atoms with Crippen LogP contribution in [-0.2, 0) is 16.1 Å². The average molecular weight is 295 g/mol. The molecule has 0 bridgehead atoms. The topological polar surface area (TPSA) is 61.4 Å². The van der Waals surface area contributed by atoms with Gasteiger partial charge in [-0.3, -0.25) is 9.59 Å². The van der Waals surface area contributed by atoms with Crippen molar-refractivity contribution in [2.75, 3.05) is 19.6 Å². The van der Waals surface area contributed by atoms with Crippen molar-refractivity contribution in [1.29, 1.82) is 0 Å². The Bertz CT molecular complexity index is 445. The van der Waals surface area contributed by atoms with Crippen molar-refractivity contribution >= 4 is 23.2 Å². The Balaban J connectivity index is 1.79. The van der Waals surface area contributed by atoms with Gasteiger partial charge in [-0.05, 0) is 17.9 Å². The number of carbonyl (C=O) groups is 2. The van der Waals surface area contributed by atoms with E-state index in [1.54, 1.807) is 11.3 Å². The second-order valence-corrected chi connectivity index (χ2v) is 5.92. The maximum Gasteiger partial charge on any atom is 0.240 e. The van der Waals surface area contributed by atoms with Gasteiger partial charge in [0.2, 0.25) is 11.8 Å². The van der Waals surface area contributed by atoms with Gasteiger partial charge in [0, 0.05) is 24.5 Å². The Hall–Kier alpha value is -1.40. The molecule has 20 heavy (non-hydrogen) atoms. The minimum atomic E-state index is -0.376. The van der Waals surface area contributed by atoms with Crippen molar-refractivity contribution in [3.05, 3.63) is 22.4 Å². The van der Waals surface area contributed by atoms with E-state index in [1.807, 2.05) is 22.4 Å². The summed E-state index contributed by atoms with van der Waals surface area (Å²) in [5, 5.41) is 7.97. The highest BCUT2D eigenvalue weighted by molar-refractivity contribution is 7.09. The smallest absolute Gasteiger partial charge is 0.240 e. The largest absolute Gasteiger partial charge is 0.351 e. The van der Waals surface area contributed by atoms with Gasteiger partial charge in [0.1, 0.15) is 0 Å². The summed E-state index contributed by atoms with van der Waals surface area (Å²) in [5.41, 5.74) is 0. The van der Waals surface area contributed by atoms with Crippen LogP contribution in [0.25, 0.3) is 0 Å². The summed E-state index contributed by atoms with van der Waals surface area (Å²) in [4.78, 5) is 27.0. The van der Waals surface area contributed by atoms with E-state index in [0.717, 1.165) is 30.9 Å². The standard InChI is InChI=1S/C14H21N3O2S/c1-2-6-17-7-5-15-12(14(17)19)9-13(18)16-10-11-4-3-8-20-11/h3-4,8,12,15H,2,5-7,9-10H2,1H3,(H,16,18). The summed E-state index contributed by atoms with van der Waals surface area (Å²) in [6.07, 6.45) is 1.16. The first-order valence-electron chi connectivity index (χ1n) is 7.02. The molecule has 1 aromatic heterocycles. The number of amides is 2. The van der Waals surface area contributed by atoms with E-state index in [4.69, 9.17) is 0 Å². The van der Waals surface area contributed by atoms with Gasteiger partial charge < -0.3 is 15.5 Å². The molecule has 110 valence electrons. The van der Waals surface area contributed by atoms with Gasteiger partial charge in [0.25, 0.3) is 0 Å². The molecule has 0 spiro atoms. The van der Waals surface area contributed by atoms with Crippen molar-refractivity contribution in [2.45, 2.75) is 32.4 Å². The molecule has 1 fully saturated rings. The van der Waals surface area contributed by atoms with E-state index in [2.05, 4.69) is 17.6 Å². The van der Waals surface area contributed by atoms with Crippen LogP contribution in [0.5, 0.6) is 0 Å². The van der Waals surface area contributed by atoms with Gasteiger partial charge in [-0.2, -0.15) is 0 Å². The maximum atomic E-state index is 12.2. The van der Waals surface area contributed by atoms with Crippen molar-refractivity contribution < 1.29 is 9.59 Å². The van der Waals surface area contributed by atoms with E-state index in [1.165, 1.54) is 0 Å². The fourth-order valence-corrected chi connectivity index (χ4v) is 2.94. The third-order valence-electron chi connectivity index (χ3n) is 3.31. The lowest BCUT2D eigenvalue weighted by Crippen LogP contribution is -2.56. The summed E-state index contributed by atoms with van der Waals surface area (Å²) >= 11 is 1.61. The van der Waals surface area contributed by atoms with Crippen LogP contribution in [0.2, 0.25) is 0 Å². The predicted molar refractivity (Wildman–Crippen MR) is 79.4 cm³/mol. The summed E-state index contributed by atoms with van der Waals surface area (Å²) in [7, 11) is 0. The van der Waals surface area contributed by atoms with E-state index in [9.17, 15) is 9.59 Å². The fraction of sp³-hybridized carbons (Fsp3) is 0.571. The van der Waals surface area contributed by atoms with Crippen LogP contribution in [-0.4, -0.2) is 42.4 Å². The molecule has 1 aliphatic rings. The summed E-state index contributed by atoms with van der Waals surface area (Å²) in [6.45, 7) is 4.86. The van der Waals surface area contributed by atoms with Crippen LogP contribution >= 0.6 is 11.3 Å². The Kier molecular flexibility index (Phi) is 5.55. The van der Waals surface area contributed by atoms with Crippen molar-refractivity contribution in [1.82, 2.24) is 15.5 Å². The number of piperazine rings is 1. The van der Waals surface area contributed by atoms with Gasteiger partial charge in [0.15, 0.2) is 0 Å². The van der Waals surface area contributed by atoms with Crippen LogP contribution in [0, 0.1) is 0 Å². The number of nitrogens with one attached hydrogen (secondary N) is 2. The summed E-state index contributed by atoms with van der Waals surface area (Å²) in [5.74, 6) is -0.0352. The molecule has 6 heteroatoms. The number of hydrogen-bond acceptors (Lipinski definition) is 4. The van der Waals surface area contributed by atoms with Crippen LogP contribution in [0.3, 0.4) is 0 Å². The Morgan fingerprint density at radius 2 is 2.45 bits per heavy atom. The number of thiophene rings is 1. The highest BCUT2D eigenvalue weighted by atomic mass is 32.1. The van der Waals surface area contributed by atoms with E-state index in [-0.39, 0.29) is 24.3 Å². The molecule has 1 unspecified atom stereocenters. The minimum absolute atomic E-state index is 0.0457. The first-order valence-corrected chi connectivity index (χ1v) is 7.90. The first-order chi connectivity index (χ1) is 9.70. The Morgan fingerprint density at radius 1 is 1.60 bits per heavy atom. The number of nitrogens with zero attached hydrogens (tertiary/aromatic N) is 1. The number of hydrogen-bond donors (Lipinski definition) is 2. The molecule has 1 atom stereocenters. The van der Waals surface area contributed by atoms with Crippen LogP contribution < -0.4 is 10.6 Å². The van der Waals surface area contributed by atoms with E-state index < -0.39 is 0 Å². The molecule has 1 saturated heterocycles. The highest BCUT2D eigenvalue weighted by Crippen LogP contribution is 2.09. The van der Waals surface area contributed by atoms with Gasteiger partial charge in [-0.1, -0.05) is 13.0 Å². The van der Waals surface area contributed by atoms with Gasteiger partial charge in [-0.15, -0.1) is 11.3 Å². The summed E-state index contributed by atoms with van der Waals surface area (Å²) in [6, 6.07) is 3.57. The minimum Gasteiger partial charge on any atom is -0.351 e. The lowest BCUT2D eigenvalue weighted by molar-refractivity contribution is -0.138. The zero-order valence-electron chi connectivity index (χ0n) is 11.7. The highest BCUT2D eigenvalue weighted by Gasteiger charge is 2.29. The number of carbonyl (C=O) groups excluding carboxylic acids is 2. The Labute approximate surface area is 123 Å². The maximum absolute atomic E-state index is 12.2. The monoisotopic (exact) mass is 295 g/mol. The molecule has 2 heterocycles. The average Bonchev–Trinajstić information content (AvgIpc) is 2.94. The van der Waals surface area contributed by atoms with Crippen molar-refractivity contribution in [2.24, 2.45) is 0 Å². The molecular weight excluding hydrogens is 274 g/mol. The second-order valence-electron chi connectivity index (χ2n) is 4.89. The quantitative estimate of drug-likeness (QED) is 0.822. The fourth-order valence-electron chi connectivity index (χ4n) is 2.30. The first kappa shape index (κ1) is 15.0. The summed E-state index contributed by atoms with van der Waals surface area (Å²) < 4.78 is 0. The molecule has 5 nitrogen and oxygen atoms in total. The van der Waals surface area contributed by atoms with Crippen molar-refractivity contribution in [3.63, 3.8) is 0 Å². The molecule has 1 aromatic rings. The third kappa shape index (κ3) is 4.05. The molecule has 2 amide bonds. The van der Waals surface area contributed by atoms with E-state index >= 15 is 0 Å². The van der Waals surface area contributed by atoms with Gasteiger partial charge in [0.05, 0.1) is 19.0 Å². The molecule has 2 N–H and O–H groups in total. The molecule has 0 radical (unpaired) electrons. The molecule has 1 aliphatic heterocycles. The van der Waals surface area contributed by atoms with Gasteiger partial charge in [-0.25, -0.2) is 0 Å². The molecule has 0 saturated carbocycles. The third-order valence-corrected chi connectivity index (χ3v) is 4.18. The molecule has 0 aromatic carbocycles. The van der Waals surface area contributed by atoms with Crippen LogP contribution in [0.15, 0.2) is 17.5 Å². The number of rotatable bonds is 6. The predicted octanol–water partition coefficient (Wildman–Crippen LogP) is 0.965. The lowest BCUT2D eigenvalue weighted by atomic mass is 10.1. The zero-order valence-corrected chi connectivity index (χ0v) is 12.5. The lowest BCUT2D eigenvalue weighted by Gasteiger charge is -2.32. The van der Waals surface area contributed by atoms with Crippen molar-refractivity contribution in [3.8, 4) is 0 Å². The molecule has 2 rings (SSSR count). The normalized spacial score (nSPS) is 19.1. The molecular formula is C14H21N3O2S. The SMILES string of the molecule is CCCN1CCNC(CC(=O)NCc2cccs2)C1=O. The molecule has 0 aliphatic carbocycles. The van der Waals surface area contributed by atoms with E-state index in [0.29, 0.717) is 6.54 Å². The Morgan fingerprint density at radius 3 is 3.15 bits per heavy atom. The van der Waals surface area contributed by atoms with Crippen LogP contribution in [0.4, 0.5) is 0 Å². The zero-order chi connectivity index (χ0) is 14.4. The van der Waals surface area contributed by atoms with Gasteiger partial charge >= 0.3 is 0 Å². The second kappa shape index (κ2) is 7.40. The van der Waals surface area contributed by atoms with Crippen LogP contribution in [0.1, 0.15) is 24.6 Å².